The fourth-order valence-corrected chi connectivity index (χ4v) is 4.99. The van der Waals surface area contributed by atoms with Crippen molar-refractivity contribution in [2.24, 2.45) is 0 Å². The van der Waals surface area contributed by atoms with Crippen LogP contribution in [0.2, 0.25) is 0 Å². The maximum Gasteiger partial charge on any atom is 0.326 e. The Balaban J connectivity index is 1.50. The summed E-state index contributed by atoms with van der Waals surface area (Å²) in [6.45, 7) is 5.18. The normalized spacial score (nSPS) is 16.0. The van der Waals surface area contributed by atoms with Crippen molar-refractivity contribution < 1.29 is 13.5 Å². The molecule has 1 aromatic carbocycles. The summed E-state index contributed by atoms with van der Waals surface area (Å²) in [5, 5.41) is 3.78. The lowest BCUT2D eigenvalue weighted by atomic mass is 10.1. The van der Waals surface area contributed by atoms with Gasteiger partial charge in [0.2, 0.25) is 0 Å². The van der Waals surface area contributed by atoms with Crippen LogP contribution in [0.1, 0.15) is 18.1 Å². The van der Waals surface area contributed by atoms with Crippen LogP contribution in [0, 0.1) is 11.6 Å². The molecule has 0 bridgehead atoms. The minimum atomic E-state index is -0.616. The van der Waals surface area contributed by atoms with Gasteiger partial charge in [0.15, 0.2) is 16.7 Å². The molecule has 2 aliphatic rings. The summed E-state index contributed by atoms with van der Waals surface area (Å²) in [6, 6.07) is 2.80. The molecule has 11 heteroatoms. The molecular formula is C22H21BrF2N6OS. The van der Waals surface area contributed by atoms with Gasteiger partial charge in [0, 0.05) is 49.4 Å². The zero-order valence-corrected chi connectivity index (χ0v) is 20.4. The van der Waals surface area contributed by atoms with E-state index in [1.165, 1.54) is 11.3 Å². The molecule has 2 aromatic heterocycles. The first-order valence-corrected chi connectivity index (χ1v) is 12.0. The number of piperazine rings is 1. The van der Waals surface area contributed by atoms with Crippen molar-refractivity contribution in [2.75, 3.05) is 43.4 Å². The number of allylic oxidation sites excluding steroid dienone is 1. The number of rotatable bonds is 5. The lowest BCUT2D eigenvalue weighted by Gasteiger charge is -2.33. The van der Waals surface area contributed by atoms with Crippen LogP contribution in [-0.4, -0.2) is 53.1 Å². The summed E-state index contributed by atoms with van der Waals surface area (Å²) in [4.78, 5) is 17.5. The van der Waals surface area contributed by atoms with Crippen molar-refractivity contribution in [3.63, 3.8) is 0 Å². The predicted octanol–water partition coefficient (Wildman–Crippen LogP) is 5.22. The molecule has 0 atom stereocenters. The second-order valence-electron chi connectivity index (χ2n) is 8.11. The second kappa shape index (κ2) is 8.96. The molecule has 0 unspecified atom stereocenters. The third-order valence-corrected chi connectivity index (χ3v) is 7.00. The number of nitrogens with zero attached hydrogens (tertiary/aromatic N) is 5. The highest BCUT2D eigenvalue weighted by atomic mass is 79.9. The van der Waals surface area contributed by atoms with Gasteiger partial charge in [-0.2, -0.15) is 9.97 Å². The number of aromatic nitrogens is 3. The van der Waals surface area contributed by atoms with Gasteiger partial charge >= 0.3 is 6.01 Å². The Morgan fingerprint density at radius 3 is 2.67 bits per heavy atom. The van der Waals surface area contributed by atoms with Crippen molar-refractivity contribution in [3.8, 4) is 11.8 Å². The minimum absolute atomic E-state index is 0.0681. The monoisotopic (exact) mass is 534 g/mol. The Morgan fingerprint density at radius 2 is 1.94 bits per heavy atom. The molecule has 0 spiro atoms. The molecule has 1 saturated heterocycles. The Kier molecular flexibility index (Phi) is 6.02. The van der Waals surface area contributed by atoms with E-state index in [1.807, 2.05) is 6.92 Å². The average Bonchev–Trinajstić information content (AvgIpc) is 3.37. The van der Waals surface area contributed by atoms with Gasteiger partial charge in [0.25, 0.3) is 0 Å². The van der Waals surface area contributed by atoms with Gasteiger partial charge < -0.3 is 19.9 Å². The van der Waals surface area contributed by atoms with Gasteiger partial charge in [0.1, 0.15) is 17.5 Å². The topological polar surface area (TPSA) is 66.4 Å². The third kappa shape index (κ3) is 4.71. The van der Waals surface area contributed by atoms with Crippen LogP contribution in [-0.2, 0) is 6.42 Å². The van der Waals surface area contributed by atoms with E-state index in [-0.39, 0.29) is 17.3 Å². The number of fused-ring (bicyclic) bond motifs is 1. The van der Waals surface area contributed by atoms with Crippen LogP contribution >= 0.6 is 27.3 Å². The van der Waals surface area contributed by atoms with E-state index in [0.29, 0.717) is 28.8 Å². The fraction of sp³-hybridized carbons (Fsp3) is 0.318. The summed E-state index contributed by atoms with van der Waals surface area (Å²) in [7, 11) is 2.07. The highest BCUT2D eigenvalue weighted by molar-refractivity contribution is 9.11. The summed E-state index contributed by atoms with van der Waals surface area (Å²) < 4.78 is 36.3. The van der Waals surface area contributed by atoms with Gasteiger partial charge in [-0.1, -0.05) is 23.0 Å². The maximum absolute atomic E-state index is 15.1. The van der Waals surface area contributed by atoms with Gasteiger partial charge in [0.05, 0.1) is 9.98 Å². The first-order valence-electron chi connectivity index (χ1n) is 10.4. The van der Waals surface area contributed by atoms with E-state index in [4.69, 9.17) is 4.74 Å². The molecule has 3 aromatic rings. The quantitative estimate of drug-likeness (QED) is 0.481. The largest absolute Gasteiger partial charge is 0.421 e. The van der Waals surface area contributed by atoms with Crippen molar-refractivity contribution in [3.05, 3.63) is 50.5 Å². The van der Waals surface area contributed by atoms with Gasteiger partial charge in [-0.05, 0) is 36.3 Å². The zero-order chi connectivity index (χ0) is 23.1. The van der Waals surface area contributed by atoms with Crippen molar-refractivity contribution >= 4 is 50.1 Å². The fourth-order valence-electron chi connectivity index (χ4n) is 3.88. The molecule has 1 N–H and O–H groups in total. The van der Waals surface area contributed by atoms with E-state index in [9.17, 15) is 4.39 Å². The smallest absolute Gasteiger partial charge is 0.326 e. The summed E-state index contributed by atoms with van der Waals surface area (Å²) in [5.74, 6) is -0.265. The molecule has 0 amide bonds. The summed E-state index contributed by atoms with van der Waals surface area (Å²) in [6.07, 6.45) is 3.73. The molecule has 3 heterocycles. The highest BCUT2D eigenvalue weighted by Gasteiger charge is 2.24. The van der Waals surface area contributed by atoms with Crippen molar-refractivity contribution in [1.82, 2.24) is 19.9 Å². The van der Waals surface area contributed by atoms with E-state index < -0.39 is 11.6 Å². The van der Waals surface area contributed by atoms with Gasteiger partial charge in [-0.25, -0.2) is 13.8 Å². The minimum Gasteiger partial charge on any atom is -0.421 e. The Hall–Kier alpha value is -2.63. The molecule has 0 saturated carbocycles. The third-order valence-electron chi connectivity index (χ3n) is 5.60. The van der Waals surface area contributed by atoms with Crippen LogP contribution in [0.5, 0.6) is 11.8 Å². The van der Waals surface area contributed by atoms with Crippen molar-refractivity contribution in [2.45, 2.75) is 13.3 Å². The Morgan fingerprint density at radius 1 is 1.15 bits per heavy atom. The summed E-state index contributed by atoms with van der Waals surface area (Å²) in [5.41, 5.74) is 1.47. The SMILES string of the molecule is CC1=Cc2c(F)c(Oc3nc(Nc4ncc(Br)s4)cc(N4CCN(C)CC4)n3)cc(F)c2C1. The van der Waals surface area contributed by atoms with Gasteiger partial charge in [-0.3, -0.25) is 0 Å². The lowest BCUT2D eigenvalue weighted by Crippen LogP contribution is -2.44. The number of halogens is 3. The van der Waals surface area contributed by atoms with Crippen LogP contribution in [0.4, 0.5) is 25.5 Å². The molecule has 5 rings (SSSR count). The number of ether oxygens (including phenoxy) is 1. The molecule has 0 radical (unpaired) electrons. The number of anilines is 3. The van der Waals surface area contributed by atoms with Gasteiger partial charge in [-0.15, -0.1) is 0 Å². The van der Waals surface area contributed by atoms with Crippen LogP contribution in [0.3, 0.4) is 0 Å². The van der Waals surface area contributed by atoms with E-state index in [1.54, 1.807) is 18.3 Å². The number of likely N-dealkylation sites (N-methyl/N-ethyl adjacent to an activating group) is 1. The summed E-state index contributed by atoms with van der Waals surface area (Å²) >= 11 is 4.80. The predicted molar refractivity (Wildman–Crippen MR) is 129 cm³/mol. The highest BCUT2D eigenvalue weighted by Crippen LogP contribution is 2.36. The Bertz CT molecular complexity index is 1240. The second-order valence-corrected chi connectivity index (χ2v) is 10.5. The van der Waals surface area contributed by atoms with Crippen molar-refractivity contribution in [1.29, 1.82) is 0 Å². The molecule has 1 fully saturated rings. The van der Waals surface area contributed by atoms with E-state index >= 15 is 4.39 Å². The number of thiazole rings is 1. The molecule has 7 nitrogen and oxygen atoms in total. The zero-order valence-electron chi connectivity index (χ0n) is 18.0. The number of hydrogen-bond donors (Lipinski definition) is 1. The molecule has 1 aliphatic carbocycles. The number of benzene rings is 1. The standard InChI is InChI=1S/C22H21BrF2N6OS/c1-12-7-13-14(8-12)20(25)16(9-15(13)24)32-21-27-18(28-22-26-11-17(23)33-22)10-19(29-21)31-5-3-30(2)4-6-31/h8-11H,3-7H2,1-2H3,(H,26,27,28,29). The molecule has 172 valence electrons. The average molecular weight is 535 g/mol. The first-order chi connectivity index (χ1) is 15.9. The number of nitrogens with one attached hydrogen (secondary N) is 1. The molecule has 1 aliphatic heterocycles. The van der Waals surface area contributed by atoms with Crippen LogP contribution < -0.4 is 15.0 Å². The van der Waals surface area contributed by atoms with E-state index in [0.717, 1.165) is 41.6 Å². The maximum atomic E-state index is 15.1. The van der Waals surface area contributed by atoms with E-state index in [2.05, 4.69) is 53.0 Å². The number of hydrogen-bond acceptors (Lipinski definition) is 8. The first kappa shape index (κ1) is 22.2. The van der Waals surface area contributed by atoms with Crippen LogP contribution in [0.15, 0.2) is 27.7 Å². The molecule has 33 heavy (non-hydrogen) atoms. The van der Waals surface area contributed by atoms with Crippen LogP contribution in [0.25, 0.3) is 6.08 Å². The molecular weight excluding hydrogens is 514 g/mol. The Labute approximate surface area is 202 Å². The lowest BCUT2D eigenvalue weighted by molar-refractivity contribution is 0.311.